The fourth-order valence-corrected chi connectivity index (χ4v) is 6.74. The molecule has 0 amide bonds. The van der Waals surface area contributed by atoms with Gasteiger partial charge in [-0.3, -0.25) is 9.59 Å². The Morgan fingerprint density at radius 2 is 1.62 bits per heavy atom. The number of benzene rings is 2. The molecule has 1 atom stereocenters. The Morgan fingerprint density at radius 3 is 2.33 bits per heavy atom. The predicted molar refractivity (Wildman–Crippen MR) is 190 cm³/mol. The quantitative estimate of drug-likeness (QED) is 0.0843. The summed E-state index contributed by atoms with van der Waals surface area (Å²) < 4.78 is 23.0. The van der Waals surface area contributed by atoms with Crippen molar-refractivity contribution in [3.05, 3.63) is 82.5 Å². The number of piperidine rings is 1. The summed E-state index contributed by atoms with van der Waals surface area (Å²) in [4.78, 5) is 39.7. The number of hydrogen-bond acceptors (Lipinski definition) is 7. The van der Waals surface area contributed by atoms with Crippen molar-refractivity contribution in [2.45, 2.75) is 110 Å². The number of unbranched alkanes of at least 4 members (excludes halogenated alkanes) is 8. The van der Waals surface area contributed by atoms with Gasteiger partial charge in [0.15, 0.2) is 6.23 Å². The Hall–Kier alpha value is -4.21. The molecule has 4 aromatic rings. The van der Waals surface area contributed by atoms with Gasteiger partial charge in [-0.2, -0.15) is 0 Å². The molecule has 0 aliphatic carbocycles. The Bertz CT molecular complexity index is 1660. The van der Waals surface area contributed by atoms with E-state index in [1.807, 2.05) is 42.3 Å². The van der Waals surface area contributed by atoms with E-state index in [9.17, 15) is 14.0 Å². The van der Waals surface area contributed by atoms with Crippen molar-refractivity contribution in [1.29, 1.82) is 0 Å². The number of esters is 1. The number of nitrogens with zero attached hydrogens (tertiary/aromatic N) is 6. The van der Waals surface area contributed by atoms with Crippen molar-refractivity contribution in [3.63, 3.8) is 0 Å². The highest BCUT2D eigenvalue weighted by molar-refractivity contribution is 5.79. The molecule has 1 fully saturated rings. The second-order valence-electron chi connectivity index (χ2n) is 13.1. The highest BCUT2D eigenvalue weighted by atomic mass is 19.1. The minimum atomic E-state index is -0.763. The van der Waals surface area contributed by atoms with E-state index in [0.29, 0.717) is 18.9 Å². The molecule has 1 unspecified atom stereocenters. The summed E-state index contributed by atoms with van der Waals surface area (Å²) >= 11 is 0. The molecule has 0 spiro atoms. The largest absolute Gasteiger partial charge is 0.441 e. The number of halogens is 1. The molecule has 48 heavy (non-hydrogen) atoms. The minimum absolute atomic E-state index is 0.126. The maximum Gasteiger partial charge on any atom is 0.307 e. The van der Waals surface area contributed by atoms with Gasteiger partial charge in [-0.15, -0.1) is 0 Å². The van der Waals surface area contributed by atoms with Crippen LogP contribution in [0.1, 0.15) is 103 Å². The van der Waals surface area contributed by atoms with Crippen LogP contribution < -0.4 is 15.4 Å². The zero-order valence-corrected chi connectivity index (χ0v) is 28.8. The molecule has 0 N–H and O–H groups in total. The zero-order chi connectivity index (χ0) is 33.9. The first kappa shape index (κ1) is 35.1. The third-order valence-electron chi connectivity index (χ3n) is 9.51. The van der Waals surface area contributed by atoms with E-state index in [1.54, 1.807) is 6.92 Å². The number of rotatable bonds is 17. The number of anilines is 2. The van der Waals surface area contributed by atoms with Gasteiger partial charge in [-0.05, 0) is 56.0 Å². The molecule has 5 rings (SSSR count). The Kier molecular flexibility index (Phi) is 12.6. The smallest absolute Gasteiger partial charge is 0.307 e. The molecule has 258 valence electrons. The van der Waals surface area contributed by atoms with E-state index in [4.69, 9.17) is 9.72 Å². The first-order chi connectivity index (χ1) is 23.4. The second-order valence-corrected chi connectivity index (χ2v) is 13.1. The maximum atomic E-state index is 13.6. The number of carbonyl (C=O) groups is 1. The third-order valence-corrected chi connectivity index (χ3v) is 9.51. The summed E-state index contributed by atoms with van der Waals surface area (Å²) in [5.41, 5.74) is 2.72. The monoisotopic (exact) mass is 658 g/mol. The van der Waals surface area contributed by atoms with Crippen molar-refractivity contribution in [1.82, 2.24) is 19.1 Å². The molecule has 1 aliphatic heterocycles. The fourth-order valence-electron chi connectivity index (χ4n) is 6.74. The molecular weight excluding hydrogens is 607 g/mol. The summed E-state index contributed by atoms with van der Waals surface area (Å²) in [6.07, 6.45) is 13.4. The number of imidazole rings is 1. The molecule has 1 aliphatic rings. The van der Waals surface area contributed by atoms with Crippen molar-refractivity contribution in [3.8, 4) is 0 Å². The predicted octanol–water partition coefficient (Wildman–Crippen LogP) is 7.87. The molecule has 10 heteroatoms. The van der Waals surface area contributed by atoms with Gasteiger partial charge >= 0.3 is 5.97 Å². The number of hydrogen-bond donors (Lipinski definition) is 0. The van der Waals surface area contributed by atoms with Crippen LogP contribution >= 0.6 is 0 Å². The lowest BCUT2D eigenvalue weighted by atomic mass is 10.0. The Morgan fingerprint density at radius 1 is 0.958 bits per heavy atom. The standard InChI is InChI=1S/C38H51FN6O3/c1-4-5-6-7-8-9-10-11-12-17-36(47)48-29(2)45-35(46)22-25-40-37(45)42(3)32-23-26-43(27-24-32)38-41-33-15-13-14-16-34(33)44(38)28-30-18-20-31(39)21-19-30/h13-16,18-22,25,29,32H,4-12,17,23-24,26-28H2,1-3H3. The normalized spacial score (nSPS) is 14.4. The van der Waals surface area contributed by atoms with Crippen LogP contribution in [0.15, 0.2) is 65.6 Å². The van der Waals surface area contributed by atoms with Crippen LogP contribution in [-0.4, -0.2) is 51.3 Å². The molecular formula is C38H51FN6O3. The minimum Gasteiger partial charge on any atom is -0.441 e. The van der Waals surface area contributed by atoms with Gasteiger partial charge in [-0.1, -0.05) is 82.6 Å². The van der Waals surface area contributed by atoms with Crippen LogP contribution in [0.3, 0.4) is 0 Å². The molecule has 2 aromatic heterocycles. The first-order valence-corrected chi connectivity index (χ1v) is 17.8. The summed E-state index contributed by atoms with van der Waals surface area (Å²) in [6.45, 7) is 6.09. The molecule has 0 saturated carbocycles. The fraction of sp³-hybridized carbons (Fsp3) is 0.526. The van der Waals surface area contributed by atoms with Crippen molar-refractivity contribution in [2.75, 3.05) is 29.9 Å². The van der Waals surface area contributed by atoms with E-state index in [-0.39, 0.29) is 23.4 Å². The number of para-hydroxylation sites is 2. The molecule has 2 aromatic carbocycles. The van der Waals surface area contributed by atoms with Crippen LogP contribution in [0.2, 0.25) is 0 Å². The van der Waals surface area contributed by atoms with Gasteiger partial charge in [0.1, 0.15) is 5.82 Å². The van der Waals surface area contributed by atoms with Gasteiger partial charge < -0.3 is 19.1 Å². The van der Waals surface area contributed by atoms with Crippen LogP contribution in [0.5, 0.6) is 0 Å². The number of fused-ring (bicyclic) bond motifs is 1. The summed E-state index contributed by atoms with van der Waals surface area (Å²) in [7, 11) is 1.96. The van der Waals surface area contributed by atoms with Crippen molar-refractivity contribution >= 4 is 28.9 Å². The van der Waals surface area contributed by atoms with Gasteiger partial charge in [0.25, 0.3) is 5.56 Å². The van der Waals surface area contributed by atoms with Gasteiger partial charge in [-0.25, -0.2) is 18.9 Å². The lowest BCUT2D eigenvalue weighted by Crippen LogP contribution is -2.46. The SMILES string of the molecule is CCCCCCCCCCCC(=O)OC(C)n1c(N(C)C2CCN(c3nc4ccccc4n3Cc3ccc(F)cc3)CC2)nccc1=O. The van der Waals surface area contributed by atoms with Crippen LogP contribution in [-0.2, 0) is 16.1 Å². The van der Waals surface area contributed by atoms with Gasteiger partial charge in [0.2, 0.25) is 11.9 Å². The molecule has 0 bridgehead atoms. The van der Waals surface area contributed by atoms with Gasteiger partial charge in [0, 0.05) is 44.9 Å². The van der Waals surface area contributed by atoms with Crippen LogP contribution in [0.4, 0.5) is 16.3 Å². The van der Waals surface area contributed by atoms with E-state index in [1.165, 1.54) is 67.5 Å². The van der Waals surface area contributed by atoms with Gasteiger partial charge in [0.05, 0.1) is 17.6 Å². The zero-order valence-electron chi connectivity index (χ0n) is 28.8. The topological polar surface area (TPSA) is 85.5 Å². The third kappa shape index (κ3) is 9.02. The van der Waals surface area contributed by atoms with E-state index in [2.05, 4.69) is 27.4 Å². The van der Waals surface area contributed by atoms with E-state index in [0.717, 1.165) is 67.7 Å². The summed E-state index contributed by atoms with van der Waals surface area (Å²) in [5.74, 6) is 0.851. The number of ether oxygens (including phenoxy) is 1. The Labute approximate surface area is 283 Å². The lowest BCUT2D eigenvalue weighted by molar-refractivity contribution is -0.152. The molecule has 3 heterocycles. The highest BCUT2D eigenvalue weighted by Gasteiger charge is 2.29. The summed E-state index contributed by atoms with van der Waals surface area (Å²) in [6, 6.07) is 16.2. The Balaban J connectivity index is 1.18. The van der Waals surface area contributed by atoms with E-state index >= 15 is 0 Å². The summed E-state index contributed by atoms with van der Waals surface area (Å²) in [5, 5.41) is 0. The lowest BCUT2D eigenvalue weighted by Gasteiger charge is -2.38. The van der Waals surface area contributed by atoms with Crippen LogP contribution in [0.25, 0.3) is 11.0 Å². The van der Waals surface area contributed by atoms with Crippen LogP contribution in [0, 0.1) is 5.82 Å². The van der Waals surface area contributed by atoms with E-state index < -0.39 is 6.23 Å². The average molecular weight is 659 g/mol. The average Bonchev–Trinajstić information content (AvgIpc) is 3.46. The first-order valence-electron chi connectivity index (χ1n) is 17.8. The maximum absolute atomic E-state index is 13.6. The number of aromatic nitrogens is 4. The molecule has 1 saturated heterocycles. The molecule has 0 radical (unpaired) electrons. The van der Waals surface area contributed by atoms with Crippen molar-refractivity contribution < 1.29 is 13.9 Å². The van der Waals surface area contributed by atoms with Crippen molar-refractivity contribution in [2.24, 2.45) is 0 Å². The number of carbonyl (C=O) groups excluding carboxylic acids is 1. The highest BCUT2D eigenvalue weighted by Crippen LogP contribution is 2.29. The second kappa shape index (κ2) is 17.3. The molecule has 9 nitrogen and oxygen atoms in total.